The molecule has 2 heterocycles. The van der Waals surface area contributed by atoms with Gasteiger partial charge in [-0.1, -0.05) is 103 Å². The number of hydrogen-bond acceptors (Lipinski definition) is 7. The van der Waals surface area contributed by atoms with Crippen molar-refractivity contribution in [3.05, 3.63) is 138 Å². The van der Waals surface area contributed by atoms with Crippen LogP contribution in [0, 0.1) is 0 Å². The van der Waals surface area contributed by atoms with Crippen LogP contribution in [0.1, 0.15) is 48.2 Å². The van der Waals surface area contributed by atoms with Crippen molar-refractivity contribution in [2.45, 2.75) is 56.3 Å². The van der Waals surface area contributed by atoms with Gasteiger partial charge in [0, 0.05) is 0 Å². The summed E-state index contributed by atoms with van der Waals surface area (Å²) >= 11 is 1.56. The summed E-state index contributed by atoms with van der Waals surface area (Å²) in [6.07, 6.45) is 1.98. The lowest BCUT2D eigenvalue weighted by Gasteiger charge is -2.55. The molecule has 2 aliphatic heterocycles. The normalized spacial score (nSPS) is 21.6. The smallest absolute Gasteiger partial charge is 0.333 e. The summed E-state index contributed by atoms with van der Waals surface area (Å²) in [5.74, 6) is 0.0778. The summed E-state index contributed by atoms with van der Waals surface area (Å²) in [5, 5.41) is -0.298. The van der Waals surface area contributed by atoms with Crippen LogP contribution in [0.15, 0.2) is 115 Å². The van der Waals surface area contributed by atoms with Crippen molar-refractivity contribution < 1.29 is 23.8 Å². The van der Waals surface area contributed by atoms with E-state index in [9.17, 15) is 9.59 Å². The third-order valence-corrected chi connectivity index (χ3v) is 9.47. The number of esters is 1. The molecule has 8 heteroatoms. The molecule has 0 N–H and O–H groups in total. The first-order chi connectivity index (χ1) is 21.9. The van der Waals surface area contributed by atoms with Crippen LogP contribution in [-0.4, -0.2) is 51.7 Å². The Morgan fingerprint density at radius 2 is 1.44 bits per heavy atom. The van der Waals surface area contributed by atoms with Crippen molar-refractivity contribution in [2.75, 3.05) is 12.9 Å². The van der Waals surface area contributed by atoms with Gasteiger partial charge in [0.1, 0.15) is 36.1 Å². The summed E-state index contributed by atoms with van der Waals surface area (Å²) in [7, 11) is 0. The molecular weight excluding hydrogens is 584 g/mol. The zero-order valence-corrected chi connectivity index (χ0v) is 26.6. The van der Waals surface area contributed by atoms with Gasteiger partial charge in [0.15, 0.2) is 6.04 Å². The number of hydrogen-bond donors (Lipinski definition) is 0. The predicted molar refractivity (Wildman–Crippen MR) is 175 cm³/mol. The Balaban J connectivity index is 1.27. The first-order valence-electron chi connectivity index (χ1n) is 15.2. The molecule has 0 saturated carbocycles. The molecule has 2 saturated heterocycles. The number of nitrogens with zero attached hydrogens (tertiary/aromatic N) is 2. The molecule has 3 unspecified atom stereocenters. The van der Waals surface area contributed by atoms with Gasteiger partial charge in [-0.05, 0) is 54.5 Å². The quantitative estimate of drug-likeness (QED) is 0.135. The van der Waals surface area contributed by atoms with E-state index in [0.29, 0.717) is 24.5 Å². The van der Waals surface area contributed by atoms with Crippen molar-refractivity contribution >= 4 is 23.6 Å². The molecule has 0 radical (unpaired) electrons. The molecule has 7 nitrogen and oxygen atoms in total. The number of carbonyl (C=O) groups excluding carboxylic acids is 2. The molecule has 0 aromatic heterocycles. The van der Waals surface area contributed by atoms with Gasteiger partial charge < -0.3 is 19.1 Å². The second-order valence-electron chi connectivity index (χ2n) is 11.7. The van der Waals surface area contributed by atoms with Gasteiger partial charge in [0.2, 0.25) is 5.91 Å². The van der Waals surface area contributed by atoms with Crippen molar-refractivity contribution in [1.29, 1.82) is 0 Å². The minimum atomic E-state index is -0.917. The second-order valence-corrected chi connectivity index (χ2v) is 12.7. The Bertz CT molecular complexity index is 1580. The topological polar surface area (TPSA) is 68.3 Å². The third-order valence-electron chi connectivity index (χ3n) is 8.50. The monoisotopic (exact) mass is 622 g/mol. The van der Waals surface area contributed by atoms with E-state index in [-0.39, 0.29) is 23.9 Å². The van der Waals surface area contributed by atoms with E-state index in [4.69, 9.17) is 14.2 Å². The molecule has 0 spiro atoms. The van der Waals surface area contributed by atoms with E-state index < -0.39 is 23.8 Å². The fourth-order valence-corrected chi connectivity index (χ4v) is 7.18. The number of carbonyl (C=O) groups is 2. The predicted octanol–water partition coefficient (Wildman–Crippen LogP) is 6.76. The molecular formula is C37H38N2O5S. The third kappa shape index (κ3) is 6.50. The molecule has 4 atom stereocenters. The highest BCUT2D eigenvalue weighted by molar-refractivity contribution is 7.99. The Morgan fingerprint density at radius 1 is 0.867 bits per heavy atom. The highest BCUT2D eigenvalue weighted by atomic mass is 32.2. The molecule has 0 aliphatic carbocycles. The largest absolute Gasteiger partial charge is 0.489 e. The molecule has 0 bridgehead atoms. The highest BCUT2D eigenvalue weighted by Crippen LogP contribution is 2.48. The van der Waals surface area contributed by atoms with Crippen molar-refractivity contribution in [3.63, 3.8) is 0 Å². The molecule has 6 rings (SSSR count). The van der Waals surface area contributed by atoms with Crippen LogP contribution in [0.4, 0.5) is 0 Å². The van der Waals surface area contributed by atoms with E-state index in [1.165, 1.54) is 0 Å². The van der Waals surface area contributed by atoms with Gasteiger partial charge in [0.25, 0.3) is 0 Å². The molecule has 1 amide bonds. The fraction of sp³-hybridized carbons (Fsp3) is 0.297. The first kappa shape index (κ1) is 30.9. The number of rotatable bonds is 11. The summed E-state index contributed by atoms with van der Waals surface area (Å²) < 4.78 is 18.1. The first-order valence-corrected chi connectivity index (χ1v) is 16.5. The minimum Gasteiger partial charge on any atom is -0.489 e. The van der Waals surface area contributed by atoms with E-state index in [0.717, 1.165) is 16.7 Å². The van der Waals surface area contributed by atoms with E-state index in [2.05, 4.69) is 17.0 Å². The van der Waals surface area contributed by atoms with Gasteiger partial charge in [0.05, 0.1) is 12.6 Å². The van der Waals surface area contributed by atoms with Gasteiger partial charge in [-0.15, -0.1) is 11.8 Å². The molecule has 2 aliphatic rings. The van der Waals surface area contributed by atoms with Crippen molar-refractivity contribution in [2.24, 2.45) is 0 Å². The van der Waals surface area contributed by atoms with Gasteiger partial charge in [-0.2, -0.15) is 0 Å². The van der Waals surface area contributed by atoms with Crippen LogP contribution in [-0.2, 0) is 32.3 Å². The number of β-lactam (4-membered cyclic amide) rings is 1. The van der Waals surface area contributed by atoms with Gasteiger partial charge in [-0.25, -0.2) is 4.79 Å². The van der Waals surface area contributed by atoms with Crippen molar-refractivity contribution in [3.8, 4) is 5.75 Å². The zero-order chi connectivity index (χ0) is 31.4. The summed E-state index contributed by atoms with van der Waals surface area (Å²) in [6.45, 7) is 5.04. The SMILES string of the molecule is CSC1C(N2[C@@H](c3ccccc3)COC2(C)C)C(=O)N1C(C(=O)OCc1ccccc1)c1ccc(OCc2ccccc2)cc1. The lowest BCUT2D eigenvalue weighted by atomic mass is 9.93. The minimum absolute atomic E-state index is 0.0866. The lowest BCUT2D eigenvalue weighted by Crippen LogP contribution is -2.72. The van der Waals surface area contributed by atoms with Crippen LogP contribution in [0.3, 0.4) is 0 Å². The lowest BCUT2D eigenvalue weighted by molar-refractivity contribution is -0.179. The number of amides is 1. The zero-order valence-electron chi connectivity index (χ0n) is 25.7. The standard InChI is InChI=1S/C37H38N2O5S/c1-37(2)39(31(25-44-37)28-17-11-6-12-18-28)33-34(40)38(35(33)45-3)32(36(41)43-24-27-15-9-5-10-16-27)29-19-21-30(22-20-29)42-23-26-13-7-4-8-14-26/h4-22,31-33,35H,23-25H2,1-3H3/t31-,32?,33?,35?/m1/s1. The fourth-order valence-electron chi connectivity index (χ4n) is 6.22. The Hall–Kier alpha value is -4.11. The molecule has 2 fully saturated rings. The average Bonchev–Trinajstić information content (AvgIpc) is 3.39. The van der Waals surface area contributed by atoms with Crippen LogP contribution >= 0.6 is 11.8 Å². The summed E-state index contributed by atoms with van der Waals surface area (Å²) in [5.41, 5.74) is 3.04. The maximum atomic E-state index is 14.3. The highest BCUT2D eigenvalue weighted by Gasteiger charge is 2.60. The summed E-state index contributed by atoms with van der Waals surface area (Å²) in [4.78, 5) is 32.0. The van der Waals surface area contributed by atoms with E-state index in [1.54, 1.807) is 16.7 Å². The van der Waals surface area contributed by atoms with E-state index in [1.807, 2.05) is 123 Å². The van der Waals surface area contributed by atoms with Crippen LogP contribution in [0.2, 0.25) is 0 Å². The average molecular weight is 623 g/mol. The van der Waals surface area contributed by atoms with Crippen molar-refractivity contribution in [1.82, 2.24) is 9.80 Å². The maximum absolute atomic E-state index is 14.3. The molecule has 4 aromatic carbocycles. The Morgan fingerprint density at radius 3 is 2.04 bits per heavy atom. The Labute approximate surface area is 269 Å². The summed E-state index contributed by atoms with van der Waals surface area (Å²) in [6, 6.07) is 35.6. The van der Waals surface area contributed by atoms with Gasteiger partial charge in [-0.3, -0.25) is 9.69 Å². The van der Waals surface area contributed by atoms with Gasteiger partial charge >= 0.3 is 5.97 Å². The van der Waals surface area contributed by atoms with Crippen LogP contribution < -0.4 is 4.74 Å². The molecule has 232 valence electrons. The number of benzene rings is 4. The van der Waals surface area contributed by atoms with Crippen LogP contribution in [0.5, 0.6) is 5.75 Å². The van der Waals surface area contributed by atoms with E-state index >= 15 is 0 Å². The Kier molecular flexibility index (Phi) is 9.26. The molecule has 4 aromatic rings. The number of thioether (sulfide) groups is 1. The number of ether oxygens (including phenoxy) is 3. The number of likely N-dealkylation sites (tertiary alicyclic amines) is 1. The maximum Gasteiger partial charge on any atom is 0.333 e. The second kappa shape index (κ2) is 13.5. The molecule has 45 heavy (non-hydrogen) atoms. The van der Waals surface area contributed by atoms with Crippen LogP contribution in [0.25, 0.3) is 0 Å².